The van der Waals surface area contributed by atoms with E-state index in [0.717, 1.165) is 18.4 Å². The molecule has 0 spiro atoms. The van der Waals surface area contributed by atoms with E-state index in [1.54, 1.807) is 12.1 Å². The van der Waals surface area contributed by atoms with Gasteiger partial charge >= 0.3 is 11.8 Å². The maximum atomic E-state index is 12.1. The Morgan fingerprint density at radius 3 is 2.70 bits per heavy atom. The van der Waals surface area contributed by atoms with Gasteiger partial charge in [-0.2, -0.15) is 0 Å². The first-order valence-electron chi connectivity index (χ1n) is 6.88. The molecule has 0 aliphatic carbocycles. The predicted octanol–water partition coefficient (Wildman–Crippen LogP) is 1.16. The Kier molecular flexibility index (Phi) is 4.74. The summed E-state index contributed by atoms with van der Waals surface area (Å²) < 4.78 is 0. The predicted molar refractivity (Wildman–Crippen MR) is 76.2 cm³/mol. The van der Waals surface area contributed by atoms with Crippen LogP contribution in [0.15, 0.2) is 24.3 Å². The standard InChI is InChI=1S/C15H20N2O3/c1-11-4-6-13(7-5-11)16-14(19)15(20)17-8-2-3-12(9-17)10-18/h4-7,12,18H,2-3,8-10H2,1H3,(H,16,19). The van der Waals surface area contributed by atoms with Crippen molar-refractivity contribution in [3.63, 3.8) is 0 Å². The Labute approximate surface area is 118 Å². The van der Waals surface area contributed by atoms with Gasteiger partial charge in [0.1, 0.15) is 0 Å². The molecule has 1 aliphatic rings. The molecule has 2 rings (SSSR count). The number of hydrogen-bond donors (Lipinski definition) is 2. The molecule has 1 aliphatic heterocycles. The van der Waals surface area contributed by atoms with E-state index in [2.05, 4.69) is 5.32 Å². The number of likely N-dealkylation sites (tertiary alicyclic amines) is 1. The second kappa shape index (κ2) is 6.52. The van der Waals surface area contributed by atoms with Gasteiger partial charge < -0.3 is 15.3 Å². The monoisotopic (exact) mass is 276 g/mol. The molecule has 108 valence electrons. The molecular formula is C15H20N2O3. The van der Waals surface area contributed by atoms with Gasteiger partial charge in [-0.1, -0.05) is 17.7 Å². The van der Waals surface area contributed by atoms with Crippen LogP contribution in [-0.4, -0.2) is 41.5 Å². The number of benzene rings is 1. The highest BCUT2D eigenvalue weighted by Gasteiger charge is 2.27. The SMILES string of the molecule is Cc1ccc(NC(=O)C(=O)N2CCCC(CO)C2)cc1. The minimum atomic E-state index is -0.618. The summed E-state index contributed by atoms with van der Waals surface area (Å²) in [4.78, 5) is 25.5. The molecule has 2 N–H and O–H groups in total. The number of hydrogen-bond acceptors (Lipinski definition) is 3. The molecule has 0 aromatic heterocycles. The van der Waals surface area contributed by atoms with Gasteiger partial charge in [0.15, 0.2) is 0 Å². The number of carbonyl (C=O) groups excluding carboxylic acids is 2. The van der Waals surface area contributed by atoms with Crippen molar-refractivity contribution < 1.29 is 14.7 Å². The van der Waals surface area contributed by atoms with Gasteiger partial charge in [0, 0.05) is 25.4 Å². The van der Waals surface area contributed by atoms with Gasteiger partial charge in [-0.25, -0.2) is 0 Å². The molecule has 1 fully saturated rings. The molecule has 5 nitrogen and oxygen atoms in total. The fourth-order valence-electron chi connectivity index (χ4n) is 2.36. The van der Waals surface area contributed by atoms with Gasteiger partial charge in [-0.3, -0.25) is 9.59 Å². The van der Waals surface area contributed by atoms with E-state index in [0.29, 0.717) is 18.8 Å². The highest BCUT2D eigenvalue weighted by molar-refractivity contribution is 6.39. The number of amides is 2. The summed E-state index contributed by atoms with van der Waals surface area (Å²) >= 11 is 0. The van der Waals surface area contributed by atoms with E-state index < -0.39 is 11.8 Å². The number of carbonyl (C=O) groups is 2. The van der Waals surface area contributed by atoms with Crippen molar-refractivity contribution in [2.24, 2.45) is 5.92 Å². The summed E-state index contributed by atoms with van der Waals surface area (Å²) in [7, 11) is 0. The first-order chi connectivity index (χ1) is 9.60. The minimum Gasteiger partial charge on any atom is -0.396 e. The van der Waals surface area contributed by atoms with Crippen LogP contribution >= 0.6 is 0 Å². The average Bonchev–Trinajstić information content (AvgIpc) is 2.48. The molecule has 0 saturated carbocycles. The largest absolute Gasteiger partial charge is 0.396 e. The van der Waals surface area contributed by atoms with Crippen LogP contribution in [0.1, 0.15) is 18.4 Å². The zero-order valence-electron chi connectivity index (χ0n) is 11.6. The maximum Gasteiger partial charge on any atom is 0.313 e. The molecular weight excluding hydrogens is 256 g/mol. The van der Waals surface area contributed by atoms with Gasteiger partial charge in [0.2, 0.25) is 0 Å². The molecule has 2 amide bonds. The van der Waals surface area contributed by atoms with Crippen molar-refractivity contribution in [1.82, 2.24) is 4.90 Å². The Balaban J connectivity index is 1.94. The van der Waals surface area contributed by atoms with Crippen LogP contribution in [0.3, 0.4) is 0 Å². The van der Waals surface area contributed by atoms with E-state index in [1.807, 2.05) is 19.1 Å². The zero-order valence-corrected chi connectivity index (χ0v) is 11.6. The molecule has 5 heteroatoms. The molecule has 1 aromatic carbocycles. The first kappa shape index (κ1) is 14.5. The summed E-state index contributed by atoms with van der Waals surface area (Å²) in [6.45, 7) is 3.05. The molecule has 1 heterocycles. The Hall–Kier alpha value is -1.88. The Morgan fingerprint density at radius 1 is 1.35 bits per heavy atom. The van der Waals surface area contributed by atoms with Crippen LogP contribution in [-0.2, 0) is 9.59 Å². The van der Waals surface area contributed by atoms with Crippen molar-refractivity contribution >= 4 is 17.5 Å². The lowest BCUT2D eigenvalue weighted by Gasteiger charge is -2.31. The van der Waals surface area contributed by atoms with Gasteiger partial charge in [-0.05, 0) is 37.8 Å². The quantitative estimate of drug-likeness (QED) is 0.797. The number of nitrogens with one attached hydrogen (secondary N) is 1. The third kappa shape index (κ3) is 3.57. The molecule has 1 atom stereocenters. The van der Waals surface area contributed by atoms with Crippen LogP contribution in [0.5, 0.6) is 0 Å². The number of rotatable bonds is 2. The molecule has 0 radical (unpaired) electrons. The molecule has 1 saturated heterocycles. The second-order valence-corrected chi connectivity index (χ2v) is 5.26. The van der Waals surface area contributed by atoms with Crippen molar-refractivity contribution in [3.8, 4) is 0 Å². The van der Waals surface area contributed by atoms with Crippen LogP contribution in [0.25, 0.3) is 0 Å². The zero-order chi connectivity index (χ0) is 14.5. The summed E-state index contributed by atoms with van der Waals surface area (Å²) in [5.74, 6) is -1.06. The van der Waals surface area contributed by atoms with Gasteiger partial charge in [0.05, 0.1) is 0 Å². The fraction of sp³-hybridized carbons (Fsp3) is 0.467. The number of aryl methyl sites for hydroxylation is 1. The summed E-state index contributed by atoms with van der Waals surface area (Å²) in [6, 6.07) is 7.30. The third-order valence-electron chi connectivity index (χ3n) is 3.57. The normalized spacial score (nSPS) is 18.7. The van der Waals surface area contributed by atoms with E-state index in [1.165, 1.54) is 4.90 Å². The third-order valence-corrected chi connectivity index (χ3v) is 3.57. The van der Waals surface area contributed by atoms with E-state index >= 15 is 0 Å². The first-order valence-corrected chi connectivity index (χ1v) is 6.88. The highest BCUT2D eigenvalue weighted by Crippen LogP contribution is 2.16. The Morgan fingerprint density at radius 2 is 2.05 bits per heavy atom. The topological polar surface area (TPSA) is 69.6 Å². The van der Waals surface area contributed by atoms with Crippen molar-refractivity contribution in [2.75, 3.05) is 25.0 Å². The van der Waals surface area contributed by atoms with E-state index in [-0.39, 0.29) is 12.5 Å². The van der Waals surface area contributed by atoms with Crippen molar-refractivity contribution in [2.45, 2.75) is 19.8 Å². The van der Waals surface area contributed by atoms with Crippen LogP contribution in [0.2, 0.25) is 0 Å². The Bertz CT molecular complexity index is 484. The number of piperidine rings is 1. The van der Waals surface area contributed by atoms with Gasteiger partial charge in [-0.15, -0.1) is 0 Å². The summed E-state index contributed by atoms with van der Waals surface area (Å²) in [5, 5.41) is 11.8. The lowest BCUT2D eigenvalue weighted by Crippen LogP contribution is -2.45. The van der Waals surface area contributed by atoms with Gasteiger partial charge in [0.25, 0.3) is 0 Å². The van der Waals surface area contributed by atoms with E-state index in [4.69, 9.17) is 5.11 Å². The maximum absolute atomic E-state index is 12.1. The molecule has 0 bridgehead atoms. The number of nitrogens with zero attached hydrogens (tertiary/aromatic N) is 1. The molecule has 1 unspecified atom stereocenters. The molecule has 20 heavy (non-hydrogen) atoms. The summed E-state index contributed by atoms with van der Waals surface area (Å²) in [5.41, 5.74) is 1.71. The smallest absolute Gasteiger partial charge is 0.313 e. The van der Waals surface area contributed by atoms with Crippen molar-refractivity contribution in [3.05, 3.63) is 29.8 Å². The lowest BCUT2D eigenvalue weighted by molar-refractivity contribution is -0.144. The van der Waals surface area contributed by atoms with Crippen LogP contribution in [0, 0.1) is 12.8 Å². The average molecular weight is 276 g/mol. The fourth-order valence-corrected chi connectivity index (χ4v) is 2.36. The lowest BCUT2D eigenvalue weighted by atomic mass is 9.99. The number of aliphatic hydroxyl groups is 1. The summed E-state index contributed by atoms with van der Waals surface area (Å²) in [6.07, 6.45) is 1.73. The minimum absolute atomic E-state index is 0.0589. The highest BCUT2D eigenvalue weighted by atomic mass is 16.3. The number of anilines is 1. The van der Waals surface area contributed by atoms with Crippen LogP contribution < -0.4 is 5.32 Å². The second-order valence-electron chi connectivity index (χ2n) is 5.26. The molecule has 1 aromatic rings. The van der Waals surface area contributed by atoms with Crippen molar-refractivity contribution in [1.29, 1.82) is 0 Å². The van der Waals surface area contributed by atoms with Crippen LogP contribution in [0.4, 0.5) is 5.69 Å². The number of aliphatic hydroxyl groups excluding tert-OH is 1. The van der Waals surface area contributed by atoms with E-state index in [9.17, 15) is 9.59 Å².